The second-order valence-corrected chi connectivity index (χ2v) is 6.43. The molecule has 2 N–H and O–H groups in total. The van der Waals surface area contributed by atoms with Crippen molar-refractivity contribution in [2.24, 2.45) is 0 Å². The van der Waals surface area contributed by atoms with Crippen LogP contribution in [0.1, 0.15) is 26.5 Å². The van der Waals surface area contributed by atoms with Crippen LogP contribution in [0.2, 0.25) is 0 Å². The van der Waals surface area contributed by atoms with Crippen molar-refractivity contribution in [2.75, 3.05) is 24.3 Å². The minimum atomic E-state index is 0.0333. The molecule has 1 aliphatic heterocycles. The summed E-state index contributed by atoms with van der Waals surface area (Å²) < 4.78 is 5.26. The van der Waals surface area contributed by atoms with Gasteiger partial charge >= 0.3 is 0 Å². The molecule has 0 radical (unpaired) electrons. The fourth-order valence-electron chi connectivity index (χ4n) is 2.65. The number of nitrogen functional groups attached to an aromatic ring is 1. The molecule has 5 heteroatoms. The smallest absolute Gasteiger partial charge is 0.268 e. The highest BCUT2D eigenvalue weighted by molar-refractivity contribution is 7.14. The van der Waals surface area contributed by atoms with Gasteiger partial charge < -0.3 is 15.4 Å². The third-order valence-electron chi connectivity index (χ3n) is 3.82. The molecular formula is C16H18N2O2S. The van der Waals surface area contributed by atoms with Gasteiger partial charge in [0.2, 0.25) is 0 Å². The molecule has 1 aromatic carbocycles. The van der Waals surface area contributed by atoms with Crippen molar-refractivity contribution >= 4 is 28.6 Å². The molecule has 4 nitrogen and oxygen atoms in total. The number of aryl methyl sites for hydroxylation is 2. The molecule has 2 heterocycles. The molecule has 0 saturated heterocycles. The molecule has 1 aromatic heterocycles. The normalized spacial score (nSPS) is 13.9. The Kier molecular flexibility index (Phi) is 3.59. The molecule has 21 heavy (non-hydrogen) atoms. The lowest BCUT2D eigenvalue weighted by molar-refractivity contribution is 0.0989. The number of anilines is 2. The Balaban J connectivity index is 1.96. The van der Waals surface area contributed by atoms with E-state index in [1.54, 1.807) is 13.2 Å². The second kappa shape index (κ2) is 5.41. The highest BCUT2D eigenvalue weighted by Crippen LogP contribution is 2.33. The first-order valence-corrected chi connectivity index (χ1v) is 7.76. The first kappa shape index (κ1) is 13.9. The van der Waals surface area contributed by atoms with Crippen molar-refractivity contribution < 1.29 is 9.53 Å². The van der Waals surface area contributed by atoms with E-state index in [1.807, 2.05) is 30.0 Å². The number of methoxy groups -OCH3 is 1. The van der Waals surface area contributed by atoms with Crippen LogP contribution in [0.25, 0.3) is 0 Å². The molecule has 0 aliphatic carbocycles. The van der Waals surface area contributed by atoms with E-state index >= 15 is 0 Å². The average Bonchev–Trinajstić information content (AvgIpc) is 2.84. The van der Waals surface area contributed by atoms with Crippen LogP contribution in [0.15, 0.2) is 24.3 Å². The largest absolute Gasteiger partial charge is 0.497 e. The van der Waals surface area contributed by atoms with E-state index in [4.69, 9.17) is 10.5 Å². The Hall–Kier alpha value is -2.01. The Morgan fingerprint density at radius 2 is 2.19 bits per heavy atom. The maximum atomic E-state index is 12.7. The van der Waals surface area contributed by atoms with E-state index in [0.29, 0.717) is 10.6 Å². The molecule has 3 rings (SSSR count). The van der Waals surface area contributed by atoms with Gasteiger partial charge in [0.1, 0.15) is 5.75 Å². The number of fused-ring (bicyclic) bond motifs is 1. The SMILES string of the molecule is COc1ccc2c(c1)CCCN2C(=O)c1cc(N)c(C)s1. The lowest BCUT2D eigenvalue weighted by Gasteiger charge is -2.29. The Morgan fingerprint density at radius 3 is 2.86 bits per heavy atom. The number of hydrogen-bond acceptors (Lipinski definition) is 4. The lowest BCUT2D eigenvalue weighted by atomic mass is 10.0. The fraction of sp³-hybridized carbons (Fsp3) is 0.312. The van der Waals surface area contributed by atoms with Crippen LogP contribution < -0.4 is 15.4 Å². The molecule has 0 bridgehead atoms. The van der Waals surface area contributed by atoms with Gasteiger partial charge in [-0.05, 0) is 49.6 Å². The van der Waals surface area contributed by atoms with Gasteiger partial charge in [0.05, 0.1) is 12.0 Å². The lowest BCUT2D eigenvalue weighted by Crippen LogP contribution is -2.35. The van der Waals surface area contributed by atoms with Crippen LogP contribution >= 0.6 is 11.3 Å². The van der Waals surface area contributed by atoms with Gasteiger partial charge in [-0.3, -0.25) is 4.79 Å². The highest BCUT2D eigenvalue weighted by atomic mass is 32.1. The zero-order valence-corrected chi connectivity index (χ0v) is 13.0. The van der Waals surface area contributed by atoms with Crippen molar-refractivity contribution in [1.29, 1.82) is 0 Å². The number of ether oxygens (including phenoxy) is 1. The van der Waals surface area contributed by atoms with Crippen LogP contribution in [-0.4, -0.2) is 19.6 Å². The summed E-state index contributed by atoms with van der Waals surface area (Å²) in [5.41, 5.74) is 8.70. The molecular weight excluding hydrogens is 284 g/mol. The molecule has 0 saturated carbocycles. The van der Waals surface area contributed by atoms with Crippen LogP contribution in [0.5, 0.6) is 5.75 Å². The van der Waals surface area contributed by atoms with Crippen LogP contribution in [0.3, 0.4) is 0 Å². The molecule has 1 aliphatic rings. The average molecular weight is 302 g/mol. The third-order valence-corrected chi connectivity index (χ3v) is 4.87. The minimum absolute atomic E-state index is 0.0333. The van der Waals surface area contributed by atoms with E-state index in [0.717, 1.165) is 41.3 Å². The number of nitrogens with zero attached hydrogens (tertiary/aromatic N) is 1. The molecule has 110 valence electrons. The van der Waals surface area contributed by atoms with Gasteiger partial charge in [0.15, 0.2) is 0 Å². The molecule has 2 aromatic rings. The van der Waals surface area contributed by atoms with E-state index in [1.165, 1.54) is 11.3 Å². The number of carbonyl (C=O) groups is 1. The number of amides is 1. The molecule has 0 spiro atoms. The van der Waals surface area contributed by atoms with Crippen molar-refractivity contribution in [3.63, 3.8) is 0 Å². The summed E-state index contributed by atoms with van der Waals surface area (Å²) in [5, 5.41) is 0. The van der Waals surface area contributed by atoms with Gasteiger partial charge in [-0.25, -0.2) is 0 Å². The monoisotopic (exact) mass is 302 g/mol. The number of carbonyl (C=O) groups excluding carboxylic acids is 1. The zero-order valence-electron chi connectivity index (χ0n) is 12.2. The Morgan fingerprint density at radius 1 is 1.38 bits per heavy atom. The Labute approximate surface area is 128 Å². The predicted octanol–water partition coefficient (Wildman–Crippen LogP) is 3.24. The van der Waals surface area contributed by atoms with Gasteiger partial charge in [-0.15, -0.1) is 11.3 Å². The van der Waals surface area contributed by atoms with E-state index in [-0.39, 0.29) is 5.91 Å². The molecule has 0 fully saturated rings. The first-order chi connectivity index (χ1) is 10.1. The second-order valence-electron chi connectivity index (χ2n) is 5.18. The molecule has 0 atom stereocenters. The third kappa shape index (κ3) is 2.49. The maximum absolute atomic E-state index is 12.7. The van der Waals surface area contributed by atoms with Crippen LogP contribution in [0.4, 0.5) is 11.4 Å². The number of hydrogen-bond donors (Lipinski definition) is 1. The van der Waals surface area contributed by atoms with Crippen LogP contribution in [-0.2, 0) is 6.42 Å². The van der Waals surface area contributed by atoms with Gasteiger partial charge in [-0.2, -0.15) is 0 Å². The standard InChI is InChI=1S/C16H18N2O2S/c1-10-13(17)9-15(21-10)16(19)18-7-3-4-11-8-12(20-2)5-6-14(11)18/h5-6,8-9H,3-4,7,17H2,1-2H3. The highest BCUT2D eigenvalue weighted by Gasteiger charge is 2.25. The number of thiophene rings is 1. The number of nitrogens with two attached hydrogens (primary N) is 1. The fourth-order valence-corrected chi connectivity index (χ4v) is 3.54. The van der Waals surface area contributed by atoms with Crippen molar-refractivity contribution in [2.45, 2.75) is 19.8 Å². The number of benzene rings is 1. The minimum Gasteiger partial charge on any atom is -0.497 e. The van der Waals surface area contributed by atoms with E-state index in [2.05, 4.69) is 0 Å². The summed E-state index contributed by atoms with van der Waals surface area (Å²) in [7, 11) is 1.66. The summed E-state index contributed by atoms with van der Waals surface area (Å²) in [6.07, 6.45) is 1.94. The Bertz CT molecular complexity index is 674. The maximum Gasteiger partial charge on any atom is 0.268 e. The van der Waals surface area contributed by atoms with Crippen LogP contribution in [0, 0.1) is 6.92 Å². The van der Waals surface area contributed by atoms with Gasteiger partial charge in [0.25, 0.3) is 5.91 Å². The summed E-state index contributed by atoms with van der Waals surface area (Å²) in [5.74, 6) is 0.866. The molecule has 0 unspecified atom stereocenters. The quantitative estimate of drug-likeness (QED) is 0.926. The zero-order chi connectivity index (χ0) is 15.0. The summed E-state index contributed by atoms with van der Waals surface area (Å²) >= 11 is 1.46. The number of rotatable bonds is 2. The summed E-state index contributed by atoms with van der Waals surface area (Å²) in [6, 6.07) is 7.66. The summed E-state index contributed by atoms with van der Waals surface area (Å²) in [4.78, 5) is 16.3. The molecule has 1 amide bonds. The van der Waals surface area contributed by atoms with E-state index < -0.39 is 0 Å². The van der Waals surface area contributed by atoms with Crippen molar-refractivity contribution in [3.8, 4) is 5.75 Å². The first-order valence-electron chi connectivity index (χ1n) is 6.95. The van der Waals surface area contributed by atoms with E-state index in [9.17, 15) is 4.79 Å². The van der Waals surface area contributed by atoms with Gasteiger partial charge in [0, 0.05) is 22.8 Å². The summed E-state index contributed by atoms with van der Waals surface area (Å²) in [6.45, 7) is 2.68. The van der Waals surface area contributed by atoms with Gasteiger partial charge in [-0.1, -0.05) is 0 Å². The predicted molar refractivity (Wildman–Crippen MR) is 86.5 cm³/mol. The van der Waals surface area contributed by atoms with Crippen molar-refractivity contribution in [3.05, 3.63) is 39.6 Å². The topological polar surface area (TPSA) is 55.6 Å². The van der Waals surface area contributed by atoms with Crippen molar-refractivity contribution in [1.82, 2.24) is 0 Å².